The highest BCUT2D eigenvalue weighted by Gasteiger charge is 2.05. The third-order valence-corrected chi connectivity index (χ3v) is 3.85. The van der Waals surface area contributed by atoms with E-state index in [2.05, 4.69) is 33.4 Å². The van der Waals surface area contributed by atoms with E-state index in [1.807, 2.05) is 0 Å². The molecule has 0 aliphatic carbocycles. The summed E-state index contributed by atoms with van der Waals surface area (Å²) in [7, 11) is 0. The molecule has 0 saturated carbocycles. The molecule has 0 nitrogen and oxygen atoms in total. The highest BCUT2D eigenvalue weighted by molar-refractivity contribution is 7.80. The first-order chi connectivity index (χ1) is 7.20. The van der Waals surface area contributed by atoms with Gasteiger partial charge in [0.25, 0.3) is 0 Å². The van der Waals surface area contributed by atoms with Crippen molar-refractivity contribution in [3.8, 4) is 0 Å². The normalized spacial score (nSPS) is 15.2. The van der Waals surface area contributed by atoms with Crippen molar-refractivity contribution in [2.75, 3.05) is 0 Å². The van der Waals surface area contributed by atoms with Gasteiger partial charge in [-0.15, -0.1) is 0 Å². The molecule has 1 heteroatoms. The zero-order chi connectivity index (χ0) is 11.5. The van der Waals surface area contributed by atoms with Crippen LogP contribution in [-0.4, -0.2) is 5.25 Å². The van der Waals surface area contributed by atoms with Crippen molar-refractivity contribution in [2.24, 2.45) is 5.92 Å². The smallest absolute Gasteiger partial charge is 0.00169 e. The van der Waals surface area contributed by atoms with Gasteiger partial charge in [-0.25, -0.2) is 0 Å². The van der Waals surface area contributed by atoms with Crippen LogP contribution in [0.4, 0.5) is 0 Å². The molecule has 0 aromatic rings. The lowest BCUT2D eigenvalue weighted by Crippen LogP contribution is -2.02. The Labute approximate surface area is 103 Å². The van der Waals surface area contributed by atoms with Crippen LogP contribution in [0.3, 0.4) is 0 Å². The van der Waals surface area contributed by atoms with Crippen LogP contribution < -0.4 is 0 Å². The monoisotopic (exact) mass is 230 g/mol. The predicted molar refractivity (Wildman–Crippen MR) is 74.8 cm³/mol. The molecule has 15 heavy (non-hydrogen) atoms. The molecule has 2 atom stereocenters. The first-order valence-corrected chi connectivity index (χ1v) is 7.40. The van der Waals surface area contributed by atoms with Crippen LogP contribution in [0.25, 0.3) is 0 Å². The lowest BCUT2D eigenvalue weighted by Gasteiger charge is -2.13. The maximum Gasteiger partial charge on any atom is 0.00169 e. The Balaban J connectivity index is 3.21. The number of thiol groups is 1. The molecule has 0 fully saturated rings. The third kappa shape index (κ3) is 10.6. The van der Waals surface area contributed by atoms with Crippen LogP contribution in [0, 0.1) is 5.92 Å². The Kier molecular flexibility index (Phi) is 11.1. The topological polar surface area (TPSA) is 0 Å². The summed E-state index contributed by atoms with van der Waals surface area (Å²) < 4.78 is 0. The van der Waals surface area contributed by atoms with Gasteiger partial charge in [-0.05, 0) is 25.2 Å². The molecule has 0 aliphatic rings. The molecule has 0 N–H and O–H groups in total. The standard InChI is InChI=1S/C14H30S/c1-4-6-7-8-9-10-14(15)12-11-13(3)5-2/h13-15H,4-12H2,1-3H3. The van der Waals surface area contributed by atoms with Gasteiger partial charge in [0.2, 0.25) is 0 Å². The zero-order valence-corrected chi connectivity index (χ0v) is 11.9. The van der Waals surface area contributed by atoms with Crippen molar-refractivity contribution in [3.05, 3.63) is 0 Å². The first-order valence-electron chi connectivity index (χ1n) is 6.88. The van der Waals surface area contributed by atoms with Crippen LogP contribution in [0.15, 0.2) is 0 Å². The maximum absolute atomic E-state index is 4.67. The fourth-order valence-corrected chi connectivity index (χ4v) is 2.14. The van der Waals surface area contributed by atoms with E-state index in [-0.39, 0.29) is 0 Å². The largest absolute Gasteiger partial charge is 0.176 e. The van der Waals surface area contributed by atoms with Gasteiger partial charge in [0, 0.05) is 5.25 Å². The van der Waals surface area contributed by atoms with Gasteiger partial charge < -0.3 is 0 Å². The molecule has 0 aromatic heterocycles. The second-order valence-corrected chi connectivity index (χ2v) is 5.68. The van der Waals surface area contributed by atoms with E-state index in [9.17, 15) is 0 Å². The molecule has 0 saturated heterocycles. The van der Waals surface area contributed by atoms with E-state index in [0.29, 0.717) is 5.25 Å². The van der Waals surface area contributed by atoms with Gasteiger partial charge in [0.15, 0.2) is 0 Å². The maximum atomic E-state index is 4.67. The summed E-state index contributed by atoms with van der Waals surface area (Å²) in [5, 5.41) is 0.653. The molecule has 0 rings (SSSR count). The Morgan fingerprint density at radius 1 is 0.867 bits per heavy atom. The van der Waals surface area contributed by atoms with Crippen molar-refractivity contribution >= 4 is 12.6 Å². The predicted octanol–water partition coefficient (Wildman–Crippen LogP) is 5.47. The molecule has 0 amide bonds. The highest BCUT2D eigenvalue weighted by atomic mass is 32.1. The lowest BCUT2D eigenvalue weighted by molar-refractivity contribution is 0.476. The van der Waals surface area contributed by atoms with Crippen molar-refractivity contribution in [2.45, 2.75) is 83.8 Å². The van der Waals surface area contributed by atoms with E-state index in [1.165, 1.54) is 57.8 Å². The van der Waals surface area contributed by atoms with Crippen molar-refractivity contribution < 1.29 is 0 Å². The molecular weight excluding hydrogens is 200 g/mol. The minimum absolute atomic E-state index is 0.653. The van der Waals surface area contributed by atoms with Crippen molar-refractivity contribution in [3.63, 3.8) is 0 Å². The van der Waals surface area contributed by atoms with Crippen molar-refractivity contribution in [1.82, 2.24) is 0 Å². The number of unbranched alkanes of at least 4 members (excludes halogenated alkanes) is 4. The Morgan fingerprint density at radius 3 is 2.13 bits per heavy atom. The average Bonchev–Trinajstić information content (AvgIpc) is 2.25. The summed E-state index contributed by atoms with van der Waals surface area (Å²) in [5.74, 6) is 0.889. The molecular formula is C14H30S. The minimum atomic E-state index is 0.653. The first kappa shape index (κ1) is 15.3. The van der Waals surface area contributed by atoms with Gasteiger partial charge in [-0.2, -0.15) is 12.6 Å². The molecule has 92 valence electrons. The summed E-state index contributed by atoms with van der Waals surface area (Å²) in [5.41, 5.74) is 0. The zero-order valence-electron chi connectivity index (χ0n) is 11.0. The van der Waals surface area contributed by atoms with Gasteiger partial charge in [-0.1, -0.05) is 59.3 Å². The molecule has 0 spiro atoms. The summed E-state index contributed by atoms with van der Waals surface area (Å²) in [4.78, 5) is 0. The minimum Gasteiger partial charge on any atom is -0.176 e. The van der Waals surface area contributed by atoms with Gasteiger partial charge in [0.05, 0.1) is 0 Å². The summed E-state index contributed by atoms with van der Waals surface area (Å²) in [6.07, 6.45) is 12.3. The summed E-state index contributed by atoms with van der Waals surface area (Å²) in [6, 6.07) is 0. The van der Waals surface area contributed by atoms with Gasteiger partial charge in [-0.3, -0.25) is 0 Å². The third-order valence-electron chi connectivity index (χ3n) is 3.33. The quantitative estimate of drug-likeness (QED) is 0.373. The second-order valence-electron chi connectivity index (χ2n) is 4.95. The summed E-state index contributed by atoms with van der Waals surface area (Å²) >= 11 is 4.67. The molecule has 0 radical (unpaired) electrons. The Hall–Kier alpha value is 0.350. The van der Waals surface area contributed by atoms with E-state index >= 15 is 0 Å². The molecule has 0 aromatic carbocycles. The van der Waals surface area contributed by atoms with E-state index < -0.39 is 0 Å². The molecule has 0 aliphatic heterocycles. The number of hydrogen-bond donors (Lipinski definition) is 1. The average molecular weight is 230 g/mol. The second kappa shape index (κ2) is 10.9. The van der Waals surface area contributed by atoms with Gasteiger partial charge >= 0.3 is 0 Å². The van der Waals surface area contributed by atoms with Crippen LogP contribution in [-0.2, 0) is 0 Å². The van der Waals surface area contributed by atoms with Crippen molar-refractivity contribution in [1.29, 1.82) is 0 Å². The van der Waals surface area contributed by atoms with E-state index in [0.717, 1.165) is 5.92 Å². The summed E-state index contributed by atoms with van der Waals surface area (Å²) in [6.45, 7) is 6.90. The molecule has 2 unspecified atom stereocenters. The van der Waals surface area contributed by atoms with Crippen LogP contribution in [0.5, 0.6) is 0 Å². The molecule has 0 heterocycles. The van der Waals surface area contributed by atoms with Crippen LogP contribution in [0.1, 0.15) is 78.6 Å². The van der Waals surface area contributed by atoms with E-state index in [1.54, 1.807) is 0 Å². The lowest BCUT2D eigenvalue weighted by atomic mass is 9.99. The van der Waals surface area contributed by atoms with Crippen LogP contribution >= 0.6 is 12.6 Å². The van der Waals surface area contributed by atoms with Crippen LogP contribution in [0.2, 0.25) is 0 Å². The fraction of sp³-hybridized carbons (Fsp3) is 1.00. The van der Waals surface area contributed by atoms with Gasteiger partial charge in [0.1, 0.15) is 0 Å². The Bertz CT molecular complexity index is 123. The number of rotatable bonds is 10. The van der Waals surface area contributed by atoms with E-state index in [4.69, 9.17) is 0 Å². The Morgan fingerprint density at radius 2 is 1.53 bits per heavy atom. The number of hydrogen-bond acceptors (Lipinski definition) is 1. The molecule has 0 bridgehead atoms. The highest BCUT2D eigenvalue weighted by Crippen LogP contribution is 2.19. The fourth-order valence-electron chi connectivity index (χ4n) is 1.81. The SMILES string of the molecule is CCCCCCCC(S)CCC(C)CC.